The van der Waals surface area contributed by atoms with Crippen molar-refractivity contribution in [3.8, 4) is 16.9 Å². The number of aromatic hydroxyl groups is 1. The van der Waals surface area contributed by atoms with Gasteiger partial charge in [0.15, 0.2) is 0 Å². The number of amides is 1. The molecule has 0 bridgehead atoms. The highest BCUT2D eigenvalue weighted by atomic mass is 16.5. The van der Waals surface area contributed by atoms with Gasteiger partial charge < -0.3 is 19.6 Å². The topological polar surface area (TPSA) is 78.8 Å². The van der Waals surface area contributed by atoms with Crippen molar-refractivity contribution in [3.63, 3.8) is 0 Å². The Morgan fingerprint density at radius 3 is 2.34 bits per heavy atom. The summed E-state index contributed by atoms with van der Waals surface area (Å²) in [7, 11) is 1.40. The number of carbonyl (C=O) groups excluding carboxylic acids is 1. The predicted octanol–water partition coefficient (Wildman–Crippen LogP) is 3.51. The van der Waals surface area contributed by atoms with E-state index < -0.39 is 0 Å². The van der Waals surface area contributed by atoms with Gasteiger partial charge in [-0.05, 0) is 60.4 Å². The van der Waals surface area contributed by atoms with E-state index in [4.69, 9.17) is 9.72 Å². The highest BCUT2D eigenvalue weighted by Crippen LogP contribution is 2.30. The number of hydrogen-bond donors (Lipinski definition) is 1. The minimum atomic E-state index is -0.293. The van der Waals surface area contributed by atoms with Crippen LogP contribution in [0.25, 0.3) is 22.2 Å². The van der Waals surface area contributed by atoms with Crippen LogP contribution in [0, 0.1) is 13.8 Å². The summed E-state index contributed by atoms with van der Waals surface area (Å²) in [5, 5.41) is 10.0. The monoisotopic (exact) mass is 392 g/mol. The van der Waals surface area contributed by atoms with Gasteiger partial charge in [0.25, 0.3) is 0 Å². The number of benzene rings is 2. The highest BCUT2D eigenvalue weighted by molar-refractivity contribution is 5.83. The molecule has 1 N–H and O–H groups in total. The van der Waals surface area contributed by atoms with Crippen LogP contribution in [0.5, 0.6) is 5.75 Å². The van der Waals surface area contributed by atoms with Gasteiger partial charge in [0, 0.05) is 26.2 Å². The molecular weight excluding hydrogens is 368 g/mol. The summed E-state index contributed by atoms with van der Waals surface area (Å²) in [5.41, 5.74) is 5.42. The van der Waals surface area contributed by atoms with E-state index in [-0.39, 0.29) is 6.09 Å². The molecule has 0 saturated carbocycles. The van der Waals surface area contributed by atoms with Gasteiger partial charge in [-0.25, -0.2) is 9.78 Å². The van der Waals surface area contributed by atoms with Crippen LogP contribution in [0.4, 0.5) is 10.6 Å². The Hall–Kier alpha value is -3.35. The van der Waals surface area contributed by atoms with Gasteiger partial charge in [-0.1, -0.05) is 6.07 Å². The maximum absolute atomic E-state index is 11.7. The molecule has 0 atom stereocenters. The number of ether oxygens (including phenoxy) is 1. The van der Waals surface area contributed by atoms with Crippen molar-refractivity contribution in [2.45, 2.75) is 13.8 Å². The standard InChI is InChI=1S/C22H24N4O3/c1-14-10-17(11-15(2)21(14)27)16-4-5-18-19(12-16)24-20(13-23-18)25-6-8-26(9-7-25)22(28)29-3/h4-5,10-13,27H,6-9H2,1-3H3. The number of carbonyl (C=O) groups is 1. The van der Waals surface area contributed by atoms with Crippen molar-refractivity contribution in [1.29, 1.82) is 0 Å². The number of rotatable bonds is 2. The van der Waals surface area contributed by atoms with Crippen LogP contribution in [0.15, 0.2) is 36.5 Å². The van der Waals surface area contributed by atoms with Gasteiger partial charge in [0.05, 0.1) is 24.3 Å². The second kappa shape index (κ2) is 7.58. The van der Waals surface area contributed by atoms with E-state index in [1.165, 1.54) is 7.11 Å². The number of methoxy groups -OCH3 is 1. The van der Waals surface area contributed by atoms with E-state index in [9.17, 15) is 9.90 Å². The second-order valence-electron chi connectivity index (χ2n) is 7.33. The zero-order valence-electron chi connectivity index (χ0n) is 16.8. The molecule has 2 heterocycles. The largest absolute Gasteiger partial charge is 0.507 e. The van der Waals surface area contributed by atoms with Crippen LogP contribution in [-0.2, 0) is 4.74 Å². The average molecular weight is 392 g/mol. The first kappa shape index (κ1) is 19.0. The normalized spacial score (nSPS) is 14.3. The highest BCUT2D eigenvalue weighted by Gasteiger charge is 2.22. The summed E-state index contributed by atoms with van der Waals surface area (Å²) in [6.45, 7) is 6.37. The number of fused-ring (bicyclic) bond motifs is 1. The van der Waals surface area contributed by atoms with Gasteiger partial charge in [-0.15, -0.1) is 0 Å². The lowest BCUT2D eigenvalue weighted by atomic mass is 9.99. The van der Waals surface area contributed by atoms with Gasteiger partial charge in [-0.3, -0.25) is 4.98 Å². The third-order valence-electron chi connectivity index (χ3n) is 5.39. The van der Waals surface area contributed by atoms with Crippen molar-refractivity contribution in [1.82, 2.24) is 14.9 Å². The number of nitrogens with zero attached hydrogens (tertiary/aromatic N) is 4. The molecule has 7 nitrogen and oxygen atoms in total. The zero-order chi connectivity index (χ0) is 20.5. The Morgan fingerprint density at radius 1 is 1.00 bits per heavy atom. The summed E-state index contributed by atoms with van der Waals surface area (Å²) in [4.78, 5) is 24.9. The molecule has 0 radical (unpaired) electrons. The second-order valence-corrected chi connectivity index (χ2v) is 7.33. The molecule has 2 aromatic carbocycles. The smallest absolute Gasteiger partial charge is 0.409 e. The van der Waals surface area contributed by atoms with E-state index in [1.807, 2.05) is 44.2 Å². The molecule has 29 heavy (non-hydrogen) atoms. The fourth-order valence-corrected chi connectivity index (χ4v) is 3.70. The molecule has 0 spiro atoms. The molecule has 0 unspecified atom stereocenters. The van der Waals surface area contributed by atoms with Crippen LogP contribution in [0.3, 0.4) is 0 Å². The molecule has 1 aliphatic heterocycles. The fourth-order valence-electron chi connectivity index (χ4n) is 3.70. The molecule has 1 aromatic heterocycles. The minimum Gasteiger partial charge on any atom is -0.507 e. The Balaban J connectivity index is 1.62. The number of aromatic nitrogens is 2. The summed E-state index contributed by atoms with van der Waals surface area (Å²) >= 11 is 0. The Morgan fingerprint density at radius 2 is 1.69 bits per heavy atom. The molecule has 4 rings (SSSR count). The summed E-state index contributed by atoms with van der Waals surface area (Å²) in [6, 6.07) is 9.98. The van der Waals surface area contributed by atoms with Crippen LogP contribution >= 0.6 is 0 Å². The first-order chi connectivity index (χ1) is 14.0. The number of phenols is 1. The van der Waals surface area contributed by atoms with Crippen molar-refractivity contribution >= 4 is 22.9 Å². The number of piperazine rings is 1. The molecule has 0 aliphatic carbocycles. The van der Waals surface area contributed by atoms with Gasteiger partial charge in [0.2, 0.25) is 0 Å². The Kier molecular flexibility index (Phi) is 4.96. The lowest BCUT2D eigenvalue weighted by Gasteiger charge is -2.34. The van der Waals surface area contributed by atoms with Crippen molar-refractivity contribution < 1.29 is 14.6 Å². The zero-order valence-corrected chi connectivity index (χ0v) is 16.8. The Labute approximate surface area is 169 Å². The summed E-state index contributed by atoms with van der Waals surface area (Å²) in [5.74, 6) is 1.14. The predicted molar refractivity (Wildman–Crippen MR) is 112 cm³/mol. The molecular formula is C22H24N4O3. The van der Waals surface area contributed by atoms with Crippen molar-refractivity contribution in [3.05, 3.63) is 47.7 Å². The van der Waals surface area contributed by atoms with Gasteiger partial charge >= 0.3 is 6.09 Å². The number of phenolic OH excluding ortho intramolecular Hbond substituents is 1. The van der Waals surface area contributed by atoms with E-state index >= 15 is 0 Å². The first-order valence-corrected chi connectivity index (χ1v) is 9.61. The molecule has 1 saturated heterocycles. The molecule has 1 aliphatic rings. The van der Waals surface area contributed by atoms with Crippen molar-refractivity contribution in [2.24, 2.45) is 0 Å². The molecule has 1 amide bonds. The third kappa shape index (κ3) is 3.68. The molecule has 7 heteroatoms. The van der Waals surface area contributed by atoms with Crippen LogP contribution in [-0.4, -0.2) is 59.4 Å². The summed E-state index contributed by atoms with van der Waals surface area (Å²) in [6.07, 6.45) is 1.49. The number of anilines is 1. The third-order valence-corrected chi connectivity index (χ3v) is 5.39. The molecule has 150 valence electrons. The molecule has 1 fully saturated rings. The first-order valence-electron chi connectivity index (χ1n) is 9.61. The van der Waals surface area contributed by atoms with Crippen LogP contribution in [0.1, 0.15) is 11.1 Å². The SMILES string of the molecule is COC(=O)N1CCN(c2cnc3ccc(-c4cc(C)c(O)c(C)c4)cc3n2)CC1. The van der Waals surface area contributed by atoms with Crippen LogP contribution < -0.4 is 4.90 Å². The number of hydrogen-bond acceptors (Lipinski definition) is 6. The van der Waals surface area contributed by atoms with Gasteiger partial charge in [-0.2, -0.15) is 0 Å². The minimum absolute atomic E-state index is 0.293. The maximum atomic E-state index is 11.7. The quantitative estimate of drug-likeness (QED) is 0.719. The fraction of sp³-hybridized carbons (Fsp3) is 0.318. The van der Waals surface area contributed by atoms with Gasteiger partial charge in [0.1, 0.15) is 11.6 Å². The lowest BCUT2D eigenvalue weighted by molar-refractivity contribution is 0.121. The van der Waals surface area contributed by atoms with Crippen LogP contribution in [0.2, 0.25) is 0 Å². The maximum Gasteiger partial charge on any atom is 0.409 e. The summed E-state index contributed by atoms with van der Waals surface area (Å²) < 4.78 is 4.79. The van der Waals surface area contributed by atoms with E-state index in [0.717, 1.165) is 39.1 Å². The van der Waals surface area contributed by atoms with E-state index in [1.54, 1.807) is 11.1 Å². The lowest BCUT2D eigenvalue weighted by Crippen LogP contribution is -2.49. The Bertz CT molecular complexity index is 1050. The van der Waals surface area contributed by atoms with Crippen molar-refractivity contribution in [2.75, 3.05) is 38.2 Å². The number of aryl methyl sites for hydroxylation is 2. The van der Waals surface area contributed by atoms with E-state index in [2.05, 4.69) is 9.88 Å². The average Bonchev–Trinajstić information content (AvgIpc) is 2.76. The van der Waals surface area contributed by atoms with E-state index in [0.29, 0.717) is 31.9 Å². The molecule has 3 aromatic rings.